The van der Waals surface area contributed by atoms with Crippen molar-refractivity contribution < 1.29 is 4.74 Å². The van der Waals surface area contributed by atoms with Crippen LogP contribution in [0.1, 0.15) is 144 Å². The SMILES string of the molecule is CCCCCCCCC(C)(C)CC=COC=CCC(C)(C)CCCCCCCC. The van der Waals surface area contributed by atoms with E-state index in [9.17, 15) is 0 Å². The second-order valence-electron chi connectivity index (χ2n) is 10.7. The Hall–Kier alpha value is -0.720. The van der Waals surface area contributed by atoms with E-state index in [0.717, 1.165) is 12.8 Å². The fourth-order valence-electron chi connectivity index (χ4n) is 3.86. The van der Waals surface area contributed by atoms with E-state index in [4.69, 9.17) is 4.74 Å². The van der Waals surface area contributed by atoms with Crippen molar-refractivity contribution in [2.24, 2.45) is 10.8 Å². The highest BCUT2D eigenvalue weighted by Gasteiger charge is 2.16. The minimum Gasteiger partial charge on any atom is -0.473 e. The van der Waals surface area contributed by atoms with Crippen molar-refractivity contribution in [3.05, 3.63) is 24.7 Å². The maximum absolute atomic E-state index is 5.60. The molecule has 0 aliphatic rings. The summed E-state index contributed by atoms with van der Waals surface area (Å²) in [6.45, 7) is 14.1. The van der Waals surface area contributed by atoms with E-state index in [1.165, 1.54) is 89.9 Å². The summed E-state index contributed by atoms with van der Waals surface area (Å²) < 4.78 is 5.60. The minimum absolute atomic E-state index is 0.382. The summed E-state index contributed by atoms with van der Waals surface area (Å²) in [7, 11) is 0. The zero-order chi connectivity index (χ0) is 21.8. The molecule has 0 atom stereocenters. The summed E-state index contributed by atoms with van der Waals surface area (Å²) in [6, 6.07) is 0. The van der Waals surface area contributed by atoms with Gasteiger partial charge in [0.25, 0.3) is 0 Å². The number of unbranched alkanes of at least 4 members (excludes halogenated alkanes) is 10. The van der Waals surface area contributed by atoms with Gasteiger partial charge in [0, 0.05) is 0 Å². The van der Waals surface area contributed by atoms with Gasteiger partial charge >= 0.3 is 0 Å². The minimum atomic E-state index is 0.382. The third-order valence-electron chi connectivity index (χ3n) is 6.10. The highest BCUT2D eigenvalue weighted by Crippen LogP contribution is 2.29. The molecule has 0 unspecified atom stereocenters. The molecule has 0 saturated carbocycles. The molecule has 0 radical (unpaired) electrons. The van der Waals surface area contributed by atoms with Gasteiger partial charge in [0.15, 0.2) is 0 Å². The molecule has 29 heavy (non-hydrogen) atoms. The van der Waals surface area contributed by atoms with E-state index >= 15 is 0 Å². The van der Waals surface area contributed by atoms with Gasteiger partial charge in [-0.25, -0.2) is 0 Å². The molecule has 0 bridgehead atoms. The summed E-state index contributed by atoms with van der Waals surface area (Å²) in [5.41, 5.74) is 0.765. The first kappa shape index (κ1) is 28.3. The number of rotatable bonds is 20. The summed E-state index contributed by atoms with van der Waals surface area (Å²) in [6.07, 6.45) is 29.6. The van der Waals surface area contributed by atoms with Crippen LogP contribution in [0, 0.1) is 10.8 Å². The number of allylic oxidation sites excluding steroid dienone is 2. The Morgan fingerprint density at radius 2 is 0.862 bits per heavy atom. The van der Waals surface area contributed by atoms with Gasteiger partial charge in [-0.3, -0.25) is 0 Å². The van der Waals surface area contributed by atoms with Crippen LogP contribution in [0.25, 0.3) is 0 Å². The highest BCUT2D eigenvalue weighted by molar-refractivity contribution is 4.87. The van der Waals surface area contributed by atoms with Gasteiger partial charge in [0.05, 0.1) is 12.5 Å². The molecule has 0 spiro atoms. The lowest BCUT2D eigenvalue weighted by atomic mass is 9.83. The Morgan fingerprint density at radius 1 is 0.517 bits per heavy atom. The van der Waals surface area contributed by atoms with Crippen LogP contribution in [0.15, 0.2) is 24.7 Å². The van der Waals surface area contributed by atoms with E-state index in [1.54, 1.807) is 0 Å². The Bertz CT molecular complexity index is 365. The molecule has 1 nitrogen and oxygen atoms in total. The molecule has 1 heteroatoms. The van der Waals surface area contributed by atoms with Gasteiger partial charge in [-0.15, -0.1) is 0 Å². The highest BCUT2D eigenvalue weighted by atomic mass is 16.5. The smallest absolute Gasteiger partial charge is 0.0861 e. The number of hydrogen-bond donors (Lipinski definition) is 0. The lowest BCUT2D eigenvalue weighted by molar-refractivity contribution is 0.312. The van der Waals surface area contributed by atoms with Gasteiger partial charge in [0.2, 0.25) is 0 Å². The second kappa shape index (κ2) is 18.1. The summed E-state index contributed by atoms with van der Waals surface area (Å²) in [4.78, 5) is 0. The predicted octanol–water partition coefficient (Wildman–Crippen LogP) is 10.4. The van der Waals surface area contributed by atoms with Crippen LogP contribution in [-0.4, -0.2) is 0 Å². The van der Waals surface area contributed by atoms with E-state index in [-0.39, 0.29) is 0 Å². The summed E-state index contributed by atoms with van der Waals surface area (Å²) >= 11 is 0. The third-order valence-corrected chi connectivity index (χ3v) is 6.10. The number of hydrogen-bond acceptors (Lipinski definition) is 1. The van der Waals surface area contributed by atoms with Crippen LogP contribution >= 0.6 is 0 Å². The first-order chi connectivity index (χ1) is 13.8. The van der Waals surface area contributed by atoms with Crippen LogP contribution in [0.3, 0.4) is 0 Å². The molecule has 0 aliphatic carbocycles. The topological polar surface area (TPSA) is 9.23 Å². The van der Waals surface area contributed by atoms with Crippen LogP contribution in [0.5, 0.6) is 0 Å². The van der Waals surface area contributed by atoms with Crippen molar-refractivity contribution in [3.8, 4) is 0 Å². The average Bonchev–Trinajstić information content (AvgIpc) is 2.66. The molecule has 0 amide bonds. The Morgan fingerprint density at radius 3 is 1.24 bits per heavy atom. The van der Waals surface area contributed by atoms with Crippen molar-refractivity contribution in [1.82, 2.24) is 0 Å². The van der Waals surface area contributed by atoms with E-state index in [0.29, 0.717) is 10.8 Å². The maximum atomic E-state index is 5.60. The van der Waals surface area contributed by atoms with Crippen LogP contribution in [0.2, 0.25) is 0 Å². The standard InChI is InChI=1S/C28H54O/c1-7-9-11-13-15-17-21-27(3,4)23-19-25-29-26-20-24-28(5,6)22-18-16-14-12-10-8-2/h19-20,25-26H,7-18,21-24H2,1-6H3. The average molecular weight is 407 g/mol. The second-order valence-corrected chi connectivity index (χ2v) is 10.7. The molecule has 172 valence electrons. The maximum Gasteiger partial charge on any atom is 0.0861 e. The molecular formula is C28H54O. The fourth-order valence-corrected chi connectivity index (χ4v) is 3.86. The van der Waals surface area contributed by atoms with Crippen LogP contribution in [0.4, 0.5) is 0 Å². The van der Waals surface area contributed by atoms with Gasteiger partial charge in [-0.2, -0.15) is 0 Å². The van der Waals surface area contributed by atoms with E-state index < -0.39 is 0 Å². The van der Waals surface area contributed by atoms with Crippen LogP contribution < -0.4 is 0 Å². The molecule has 0 aliphatic heterocycles. The fraction of sp³-hybridized carbons (Fsp3) is 0.857. The molecule has 0 N–H and O–H groups in total. The largest absolute Gasteiger partial charge is 0.473 e. The van der Waals surface area contributed by atoms with Gasteiger partial charge < -0.3 is 4.74 Å². The Balaban J connectivity index is 3.80. The lowest BCUT2D eigenvalue weighted by Gasteiger charge is -2.23. The Kier molecular flexibility index (Phi) is 17.6. The zero-order valence-electron chi connectivity index (χ0n) is 21.0. The molecule has 0 aromatic heterocycles. The normalized spacial score (nSPS) is 13.0. The molecule has 0 saturated heterocycles. The molecule has 0 aromatic carbocycles. The molecule has 0 fully saturated rings. The first-order valence-corrected chi connectivity index (χ1v) is 12.8. The zero-order valence-corrected chi connectivity index (χ0v) is 21.0. The van der Waals surface area contributed by atoms with Crippen molar-refractivity contribution in [2.75, 3.05) is 0 Å². The van der Waals surface area contributed by atoms with Crippen molar-refractivity contribution in [3.63, 3.8) is 0 Å². The van der Waals surface area contributed by atoms with Crippen molar-refractivity contribution in [1.29, 1.82) is 0 Å². The molecule has 0 heterocycles. The van der Waals surface area contributed by atoms with Gasteiger partial charge in [-0.05, 0) is 48.7 Å². The van der Waals surface area contributed by atoms with Crippen molar-refractivity contribution in [2.45, 2.75) is 144 Å². The lowest BCUT2D eigenvalue weighted by Crippen LogP contribution is -2.09. The molecule has 0 aromatic rings. The predicted molar refractivity (Wildman–Crippen MR) is 132 cm³/mol. The first-order valence-electron chi connectivity index (χ1n) is 12.8. The quantitative estimate of drug-likeness (QED) is 0.144. The monoisotopic (exact) mass is 406 g/mol. The number of ether oxygens (including phenoxy) is 1. The molecular weight excluding hydrogens is 352 g/mol. The Labute approximate surface area is 184 Å². The van der Waals surface area contributed by atoms with Gasteiger partial charge in [-0.1, -0.05) is 119 Å². The van der Waals surface area contributed by atoms with Crippen molar-refractivity contribution >= 4 is 0 Å². The molecule has 0 rings (SSSR count). The summed E-state index contributed by atoms with van der Waals surface area (Å²) in [5.74, 6) is 0. The van der Waals surface area contributed by atoms with Gasteiger partial charge in [0.1, 0.15) is 0 Å². The van der Waals surface area contributed by atoms with E-state index in [1.807, 2.05) is 12.5 Å². The van der Waals surface area contributed by atoms with Crippen LogP contribution in [-0.2, 0) is 4.74 Å². The summed E-state index contributed by atoms with van der Waals surface area (Å²) in [5, 5.41) is 0. The van der Waals surface area contributed by atoms with E-state index in [2.05, 4.69) is 53.7 Å². The third kappa shape index (κ3) is 20.3.